The van der Waals surface area contributed by atoms with Crippen LogP contribution in [0.2, 0.25) is 0 Å². The summed E-state index contributed by atoms with van der Waals surface area (Å²) in [5, 5.41) is 8.60. The Kier molecular flexibility index (Phi) is 2.86. The van der Waals surface area contributed by atoms with Crippen molar-refractivity contribution < 1.29 is 0 Å². The number of aromatic nitrogens is 2. The second-order valence-electron chi connectivity index (χ2n) is 4.18. The number of anilines is 1. The van der Waals surface area contributed by atoms with Gasteiger partial charge in [0.2, 0.25) is 0 Å². The van der Waals surface area contributed by atoms with Gasteiger partial charge in [-0.3, -0.25) is 4.68 Å². The molecule has 2 aromatic heterocycles. The van der Waals surface area contributed by atoms with Crippen molar-refractivity contribution in [3.8, 4) is 11.1 Å². The van der Waals surface area contributed by atoms with Crippen LogP contribution in [0, 0.1) is 0 Å². The van der Waals surface area contributed by atoms with Crippen molar-refractivity contribution >= 4 is 17.0 Å². The van der Waals surface area contributed by atoms with Gasteiger partial charge in [0, 0.05) is 17.4 Å². The molecule has 1 aromatic carbocycles. The van der Waals surface area contributed by atoms with Gasteiger partial charge >= 0.3 is 0 Å². The van der Waals surface area contributed by atoms with E-state index in [2.05, 4.69) is 21.9 Å². The first-order chi connectivity index (χ1) is 8.81. The minimum absolute atomic E-state index is 0.776. The van der Waals surface area contributed by atoms with E-state index in [1.54, 1.807) is 11.3 Å². The number of thiophene rings is 1. The van der Waals surface area contributed by atoms with E-state index in [1.807, 2.05) is 41.3 Å². The third-order valence-electron chi connectivity index (χ3n) is 2.78. The Labute approximate surface area is 109 Å². The Bertz CT molecular complexity index is 641. The van der Waals surface area contributed by atoms with E-state index in [1.165, 1.54) is 5.56 Å². The first kappa shape index (κ1) is 11.0. The monoisotopic (exact) mass is 255 g/mol. The molecule has 0 aliphatic carbocycles. The van der Waals surface area contributed by atoms with E-state index in [0.29, 0.717) is 0 Å². The average molecular weight is 255 g/mol. The van der Waals surface area contributed by atoms with E-state index in [-0.39, 0.29) is 0 Å². The summed E-state index contributed by atoms with van der Waals surface area (Å²) in [4.78, 5) is 0. The Morgan fingerprint density at radius 2 is 2.17 bits per heavy atom. The molecule has 4 heteroatoms. The molecule has 3 aromatic rings. The lowest BCUT2D eigenvalue weighted by molar-refractivity contribution is 0.688. The molecule has 3 rings (SSSR count). The third kappa shape index (κ3) is 2.28. The molecule has 0 aliphatic heterocycles. The van der Waals surface area contributed by atoms with Gasteiger partial charge in [0.1, 0.15) is 0 Å². The van der Waals surface area contributed by atoms with Gasteiger partial charge in [-0.05, 0) is 40.1 Å². The van der Waals surface area contributed by atoms with Crippen molar-refractivity contribution in [3.63, 3.8) is 0 Å². The number of hydrogen-bond donors (Lipinski definition) is 1. The second kappa shape index (κ2) is 4.66. The van der Waals surface area contributed by atoms with E-state index in [9.17, 15) is 0 Å². The predicted molar refractivity (Wildman–Crippen MR) is 75.5 cm³/mol. The normalized spacial score (nSPS) is 10.7. The molecule has 0 saturated carbocycles. The zero-order chi connectivity index (χ0) is 12.4. The first-order valence-corrected chi connectivity index (χ1v) is 6.65. The maximum atomic E-state index is 5.79. The van der Waals surface area contributed by atoms with E-state index in [4.69, 9.17) is 5.73 Å². The smallest absolute Gasteiger partial charge is 0.0667 e. The minimum Gasteiger partial charge on any atom is -0.399 e. The lowest BCUT2D eigenvalue weighted by atomic mass is 10.1. The maximum absolute atomic E-state index is 5.79. The van der Waals surface area contributed by atoms with E-state index >= 15 is 0 Å². The molecule has 0 fully saturated rings. The summed E-state index contributed by atoms with van der Waals surface area (Å²) in [7, 11) is 0. The summed E-state index contributed by atoms with van der Waals surface area (Å²) in [5.74, 6) is 0. The first-order valence-electron chi connectivity index (χ1n) is 5.71. The van der Waals surface area contributed by atoms with Gasteiger partial charge in [-0.15, -0.1) is 0 Å². The van der Waals surface area contributed by atoms with Crippen LogP contribution in [0.15, 0.2) is 53.5 Å². The van der Waals surface area contributed by atoms with Crippen LogP contribution in [0.4, 0.5) is 5.69 Å². The topological polar surface area (TPSA) is 43.8 Å². The highest BCUT2D eigenvalue weighted by atomic mass is 32.1. The number of nitrogen functional groups attached to an aromatic ring is 1. The summed E-state index contributed by atoms with van der Waals surface area (Å²) in [6, 6.07) is 9.97. The van der Waals surface area contributed by atoms with Gasteiger partial charge in [-0.25, -0.2) is 0 Å². The van der Waals surface area contributed by atoms with Crippen LogP contribution >= 0.6 is 11.3 Å². The molecule has 2 heterocycles. The summed E-state index contributed by atoms with van der Waals surface area (Å²) in [6.07, 6.45) is 3.92. The molecule has 0 aliphatic rings. The Hall–Kier alpha value is -2.07. The zero-order valence-corrected chi connectivity index (χ0v) is 10.6. The van der Waals surface area contributed by atoms with Crippen molar-refractivity contribution in [3.05, 3.63) is 59.0 Å². The molecule has 0 atom stereocenters. The lowest BCUT2D eigenvalue weighted by Crippen LogP contribution is -1.97. The summed E-state index contributed by atoms with van der Waals surface area (Å²) < 4.78 is 1.95. The quantitative estimate of drug-likeness (QED) is 0.730. The number of benzene rings is 1. The molecular formula is C14H13N3S. The predicted octanol–water partition coefficient (Wildman–Crippen LogP) is 3.24. The second-order valence-corrected chi connectivity index (χ2v) is 4.96. The minimum atomic E-state index is 0.776. The summed E-state index contributed by atoms with van der Waals surface area (Å²) in [6.45, 7) is 0.811. The molecule has 0 unspecified atom stereocenters. The highest BCUT2D eigenvalue weighted by molar-refractivity contribution is 7.07. The van der Waals surface area contributed by atoms with Crippen LogP contribution in [0.3, 0.4) is 0 Å². The van der Waals surface area contributed by atoms with E-state index in [0.717, 1.165) is 23.4 Å². The molecule has 0 saturated heterocycles. The fourth-order valence-electron chi connectivity index (χ4n) is 1.89. The van der Waals surface area contributed by atoms with Gasteiger partial charge in [-0.1, -0.05) is 12.1 Å². The van der Waals surface area contributed by atoms with Crippen molar-refractivity contribution in [1.29, 1.82) is 0 Å². The highest BCUT2D eigenvalue weighted by Gasteiger charge is 2.03. The van der Waals surface area contributed by atoms with Crippen molar-refractivity contribution in [2.24, 2.45) is 0 Å². The molecule has 2 N–H and O–H groups in total. The van der Waals surface area contributed by atoms with Crippen molar-refractivity contribution in [1.82, 2.24) is 9.78 Å². The van der Waals surface area contributed by atoms with Crippen LogP contribution < -0.4 is 5.73 Å². The number of rotatable bonds is 3. The fraction of sp³-hybridized carbons (Fsp3) is 0.0714. The van der Waals surface area contributed by atoms with Crippen molar-refractivity contribution in [2.75, 3.05) is 5.73 Å². The van der Waals surface area contributed by atoms with Crippen molar-refractivity contribution in [2.45, 2.75) is 6.54 Å². The van der Waals surface area contributed by atoms with Crippen LogP contribution in [0.25, 0.3) is 11.1 Å². The van der Waals surface area contributed by atoms with Crippen LogP contribution in [0.1, 0.15) is 5.56 Å². The van der Waals surface area contributed by atoms with Crippen LogP contribution in [0.5, 0.6) is 0 Å². The third-order valence-corrected chi connectivity index (χ3v) is 3.51. The zero-order valence-electron chi connectivity index (χ0n) is 9.78. The molecule has 0 bridgehead atoms. The summed E-state index contributed by atoms with van der Waals surface area (Å²) in [5.41, 5.74) is 10.0. The van der Waals surface area contributed by atoms with Gasteiger partial charge in [0.05, 0.1) is 12.7 Å². The lowest BCUT2D eigenvalue weighted by Gasteiger charge is -1.99. The number of nitrogens with zero attached hydrogens (tertiary/aromatic N) is 2. The van der Waals surface area contributed by atoms with Gasteiger partial charge < -0.3 is 5.73 Å². The molecular weight excluding hydrogens is 242 g/mol. The highest BCUT2D eigenvalue weighted by Crippen LogP contribution is 2.21. The molecule has 3 nitrogen and oxygen atoms in total. The fourth-order valence-corrected chi connectivity index (χ4v) is 2.55. The molecule has 90 valence electrons. The molecule has 0 amide bonds. The SMILES string of the molecule is Nc1cccc(-c2cnn(Cc3ccsc3)c2)c1. The number of hydrogen-bond acceptors (Lipinski definition) is 3. The maximum Gasteiger partial charge on any atom is 0.0667 e. The van der Waals surface area contributed by atoms with Gasteiger partial charge in [-0.2, -0.15) is 16.4 Å². The van der Waals surface area contributed by atoms with Crippen LogP contribution in [-0.4, -0.2) is 9.78 Å². The van der Waals surface area contributed by atoms with Gasteiger partial charge in [0.15, 0.2) is 0 Å². The molecule has 0 radical (unpaired) electrons. The largest absolute Gasteiger partial charge is 0.399 e. The number of nitrogens with two attached hydrogens (primary N) is 1. The van der Waals surface area contributed by atoms with Crippen LogP contribution in [-0.2, 0) is 6.54 Å². The Morgan fingerprint density at radius 3 is 2.94 bits per heavy atom. The standard InChI is InChI=1S/C14H13N3S/c15-14-3-1-2-12(6-14)13-7-16-17(9-13)8-11-4-5-18-10-11/h1-7,9-10H,8,15H2. The molecule has 18 heavy (non-hydrogen) atoms. The average Bonchev–Trinajstić information content (AvgIpc) is 3.01. The summed E-state index contributed by atoms with van der Waals surface area (Å²) >= 11 is 1.71. The van der Waals surface area contributed by atoms with Gasteiger partial charge in [0.25, 0.3) is 0 Å². The molecule has 0 spiro atoms. The van der Waals surface area contributed by atoms with E-state index < -0.39 is 0 Å². The Morgan fingerprint density at radius 1 is 1.22 bits per heavy atom. The Balaban J connectivity index is 1.85.